The minimum atomic E-state index is -0.374. The zero-order valence-electron chi connectivity index (χ0n) is 14.4. The van der Waals surface area contributed by atoms with Gasteiger partial charge in [0.05, 0.1) is 27.0 Å². The Kier molecular flexibility index (Phi) is 8.36. The van der Waals surface area contributed by atoms with E-state index in [0.717, 1.165) is 5.56 Å². The molecule has 2 rings (SSSR count). The van der Waals surface area contributed by atoms with Crippen molar-refractivity contribution in [3.8, 4) is 11.5 Å². The molecule has 0 aliphatic rings. The molecule has 2 aromatic rings. The number of esters is 1. The second-order valence-corrected chi connectivity index (χ2v) is 5.48. The third kappa shape index (κ3) is 5.17. The van der Waals surface area contributed by atoms with Crippen LogP contribution in [0.4, 0.5) is 0 Å². The SMILES string of the molecule is Br.CCOC(=O)c1cs/c(=N/N=C/c2ccc(OC)c(OC)c2)n1C. The van der Waals surface area contributed by atoms with Crippen molar-refractivity contribution in [1.29, 1.82) is 0 Å². The zero-order valence-corrected chi connectivity index (χ0v) is 16.9. The van der Waals surface area contributed by atoms with Crippen LogP contribution in [0.15, 0.2) is 33.8 Å². The van der Waals surface area contributed by atoms with E-state index in [1.165, 1.54) is 11.3 Å². The van der Waals surface area contributed by atoms with E-state index in [2.05, 4.69) is 10.2 Å². The summed E-state index contributed by atoms with van der Waals surface area (Å²) in [6.45, 7) is 2.10. The highest BCUT2D eigenvalue weighted by molar-refractivity contribution is 8.93. The summed E-state index contributed by atoms with van der Waals surface area (Å²) in [5, 5.41) is 9.89. The van der Waals surface area contributed by atoms with Gasteiger partial charge in [-0.05, 0) is 30.7 Å². The van der Waals surface area contributed by atoms with E-state index < -0.39 is 0 Å². The first-order chi connectivity index (χ1) is 11.6. The fraction of sp³-hybridized carbons (Fsp3) is 0.312. The number of thiazole rings is 1. The summed E-state index contributed by atoms with van der Waals surface area (Å²) in [7, 11) is 4.90. The highest BCUT2D eigenvalue weighted by Gasteiger charge is 2.11. The highest BCUT2D eigenvalue weighted by atomic mass is 79.9. The van der Waals surface area contributed by atoms with E-state index in [0.29, 0.717) is 28.6 Å². The number of benzene rings is 1. The second-order valence-electron chi connectivity index (χ2n) is 4.64. The van der Waals surface area contributed by atoms with Crippen molar-refractivity contribution in [2.24, 2.45) is 17.3 Å². The number of carbonyl (C=O) groups is 1. The lowest BCUT2D eigenvalue weighted by atomic mass is 10.2. The van der Waals surface area contributed by atoms with Crippen molar-refractivity contribution >= 4 is 40.5 Å². The van der Waals surface area contributed by atoms with Gasteiger partial charge in [-0.15, -0.1) is 33.4 Å². The van der Waals surface area contributed by atoms with Gasteiger partial charge in [0.15, 0.2) is 11.5 Å². The van der Waals surface area contributed by atoms with Gasteiger partial charge in [0, 0.05) is 12.4 Å². The van der Waals surface area contributed by atoms with Crippen LogP contribution in [0.2, 0.25) is 0 Å². The van der Waals surface area contributed by atoms with Crippen molar-refractivity contribution in [3.63, 3.8) is 0 Å². The lowest BCUT2D eigenvalue weighted by Crippen LogP contribution is -2.17. The maximum atomic E-state index is 11.8. The maximum Gasteiger partial charge on any atom is 0.355 e. The van der Waals surface area contributed by atoms with Crippen LogP contribution in [-0.2, 0) is 11.8 Å². The fourth-order valence-corrected chi connectivity index (χ4v) is 2.75. The molecule has 0 radical (unpaired) electrons. The predicted molar refractivity (Wildman–Crippen MR) is 102 cm³/mol. The number of halogens is 1. The number of ether oxygens (including phenoxy) is 3. The van der Waals surface area contributed by atoms with Crippen molar-refractivity contribution in [1.82, 2.24) is 4.57 Å². The van der Waals surface area contributed by atoms with E-state index in [-0.39, 0.29) is 23.0 Å². The molecule has 1 aromatic carbocycles. The number of methoxy groups -OCH3 is 2. The Morgan fingerprint density at radius 3 is 2.64 bits per heavy atom. The topological polar surface area (TPSA) is 74.4 Å². The normalized spacial score (nSPS) is 11.3. The predicted octanol–water partition coefficient (Wildman–Crippen LogP) is 2.79. The molecule has 0 amide bonds. The Morgan fingerprint density at radius 2 is 2.00 bits per heavy atom. The molecule has 0 spiro atoms. The number of rotatable bonds is 6. The molecular formula is C16H20BrN3O4S. The van der Waals surface area contributed by atoms with Crippen LogP contribution in [0.3, 0.4) is 0 Å². The molecule has 1 aromatic heterocycles. The lowest BCUT2D eigenvalue weighted by Gasteiger charge is -2.07. The highest BCUT2D eigenvalue weighted by Crippen LogP contribution is 2.26. The van der Waals surface area contributed by atoms with Crippen LogP contribution < -0.4 is 14.3 Å². The summed E-state index contributed by atoms with van der Waals surface area (Å²) in [5.41, 5.74) is 1.27. The molecule has 25 heavy (non-hydrogen) atoms. The smallest absolute Gasteiger partial charge is 0.355 e. The van der Waals surface area contributed by atoms with Crippen LogP contribution >= 0.6 is 28.3 Å². The molecule has 0 fully saturated rings. The van der Waals surface area contributed by atoms with Crippen LogP contribution in [0.5, 0.6) is 11.5 Å². The van der Waals surface area contributed by atoms with Gasteiger partial charge in [0.1, 0.15) is 5.69 Å². The Bertz CT molecular complexity index is 814. The molecule has 0 N–H and O–H groups in total. The summed E-state index contributed by atoms with van der Waals surface area (Å²) in [4.78, 5) is 12.4. The van der Waals surface area contributed by atoms with Gasteiger partial charge in [-0.1, -0.05) is 0 Å². The number of hydrogen-bond acceptors (Lipinski definition) is 7. The molecule has 0 atom stereocenters. The number of nitrogens with zero attached hydrogens (tertiary/aromatic N) is 3. The summed E-state index contributed by atoms with van der Waals surface area (Å²) in [5.74, 6) is 0.893. The molecule has 0 aliphatic heterocycles. The Morgan fingerprint density at radius 1 is 1.28 bits per heavy atom. The van der Waals surface area contributed by atoms with Crippen molar-refractivity contribution in [3.05, 3.63) is 39.6 Å². The van der Waals surface area contributed by atoms with Gasteiger partial charge in [-0.25, -0.2) is 4.79 Å². The van der Waals surface area contributed by atoms with Crippen LogP contribution in [0.1, 0.15) is 23.0 Å². The van der Waals surface area contributed by atoms with Gasteiger partial charge in [0.2, 0.25) is 4.80 Å². The van der Waals surface area contributed by atoms with Gasteiger partial charge in [-0.3, -0.25) is 0 Å². The van der Waals surface area contributed by atoms with Gasteiger partial charge >= 0.3 is 5.97 Å². The third-order valence-corrected chi connectivity index (χ3v) is 4.07. The molecule has 136 valence electrons. The van der Waals surface area contributed by atoms with Gasteiger partial charge in [-0.2, -0.15) is 5.10 Å². The number of carbonyl (C=O) groups excluding carboxylic acids is 1. The Labute approximate surface area is 160 Å². The van der Waals surface area contributed by atoms with Crippen LogP contribution in [-0.4, -0.2) is 37.6 Å². The summed E-state index contributed by atoms with van der Waals surface area (Å²) >= 11 is 1.32. The van der Waals surface area contributed by atoms with E-state index in [1.54, 1.807) is 56.5 Å². The van der Waals surface area contributed by atoms with E-state index in [9.17, 15) is 4.79 Å². The standard InChI is InChI=1S/C16H19N3O4S.BrH/c1-5-23-15(20)12-10-24-16(19(12)2)18-17-9-11-6-7-13(21-3)14(8-11)22-4;/h6-10H,5H2,1-4H3;1H/b17-9+,18-16+;. The third-order valence-electron chi connectivity index (χ3n) is 3.17. The molecule has 9 heteroatoms. The average Bonchev–Trinajstić information content (AvgIpc) is 2.96. The summed E-state index contributed by atoms with van der Waals surface area (Å²) in [6.07, 6.45) is 1.60. The Balaban J connectivity index is 0.00000312. The molecule has 7 nitrogen and oxygen atoms in total. The monoisotopic (exact) mass is 429 g/mol. The molecule has 0 saturated carbocycles. The minimum absolute atomic E-state index is 0. The minimum Gasteiger partial charge on any atom is -0.493 e. The molecular weight excluding hydrogens is 410 g/mol. The first-order valence-electron chi connectivity index (χ1n) is 7.21. The molecule has 0 saturated heterocycles. The van der Waals surface area contributed by atoms with Crippen LogP contribution in [0, 0.1) is 0 Å². The van der Waals surface area contributed by atoms with Crippen molar-refractivity contribution in [2.45, 2.75) is 6.92 Å². The van der Waals surface area contributed by atoms with Gasteiger partial charge in [0.25, 0.3) is 0 Å². The number of hydrogen-bond donors (Lipinski definition) is 0. The molecule has 0 unspecified atom stereocenters. The first-order valence-corrected chi connectivity index (χ1v) is 8.09. The van der Waals surface area contributed by atoms with Gasteiger partial charge < -0.3 is 18.8 Å². The van der Waals surface area contributed by atoms with E-state index in [4.69, 9.17) is 14.2 Å². The average molecular weight is 430 g/mol. The maximum absolute atomic E-state index is 11.8. The first kappa shape index (κ1) is 20.9. The van der Waals surface area contributed by atoms with E-state index >= 15 is 0 Å². The molecule has 0 aliphatic carbocycles. The van der Waals surface area contributed by atoms with Crippen molar-refractivity contribution < 1.29 is 19.0 Å². The number of aromatic nitrogens is 1. The van der Waals surface area contributed by atoms with E-state index in [1.807, 2.05) is 6.07 Å². The quantitative estimate of drug-likeness (QED) is 0.401. The molecule has 1 heterocycles. The van der Waals surface area contributed by atoms with Crippen LogP contribution in [0.25, 0.3) is 0 Å². The summed E-state index contributed by atoms with van der Waals surface area (Å²) in [6, 6.07) is 5.44. The molecule has 0 bridgehead atoms. The Hall–Kier alpha value is -2.13. The largest absolute Gasteiger partial charge is 0.493 e. The fourth-order valence-electron chi connectivity index (χ4n) is 1.93. The lowest BCUT2D eigenvalue weighted by molar-refractivity contribution is 0.0515. The zero-order chi connectivity index (χ0) is 17.5. The summed E-state index contributed by atoms with van der Waals surface area (Å²) < 4.78 is 17.1. The second kappa shape index (κ2) is 10.00. The van der Waals surface area contributed by atoms with Crippen molar-refractivity contribution in [2.75, 3.05) is 20.8 Å².